The van der Waals surface area contributed by atoms with E-state index in [0.717, 1.165) is 43.9 Å². The van der Waals surface area contributed by atoms with Crippen LogP contribution in [0.1, 0.15) is 63.0 Å². The number of imidazole rings is 1. The van der Waals surface area contributed by atoms with E-state index in [0.29, 0.717) is 29.9 Å². The molecule has 0 saturated heterocycles. The number of rotatable bonds is 4. The number of halogens is 3. The first-order valence-electron chi connectivity index (χ1n) is 10.1. The third kappa shape index (κ3) is 3.06. The van der Waals surface area contributed by atoms with Crippen molar-refractivity contribution in [1.82, 2.24) is 14.5 Å². The number of fused-ring (bicyclic) bond motifs is 3. The molecule has 2 aromatic heterocycles. The van der Waals surface area contributed by atoms with Gasteiger partial charge >= 0.3 is 6.18 Å². The summed E-state index contributed by atoms with van der Waals surface area (Å²) < 4.78 is 40.9. The number of amides is 1. The number of nitrogens with zero attached hydrogens (tertiary/aromatic N) is 3. The van der Waals surface area contributed by atoms with Gasteiger partial charge in [0, 0.05) is 18.7 Å². The Morgan fingerprint density at radius 2 is 2.04 bits per heavy atom. The maximum Gasteiger partial charge on any atom is 0.417 e. The quantitative estimate of drug-likeness (QED) is 0.802. The van der Waals surface area contributed by atoms with Gasteiger partial charge in [0.05, 0.1) is 5.56 Å². The molecule has 150 valence electrons. The van der Waals surface area contributed by atoms with Crippen molar-refractivity contribution in [2.24, 2.45) is 17.8 Å². The molecule has 3 saturated carbocycles. The number of carbonyl (C=O) groups is 1. The molecule has 0 aliphatic heterocycles. The molecular formula is C20H23F3N4O. The van der Waals surface area contributed by atoms with Crippen LogP contribution >= 0.6 is 0 Å². The van der Waals surface area contributed by atoms with Crippen LogP contribution in [0, 0.1) is 17.8 Å². The maximum atomic E-state index is 13.0. The Labute approximate surface area is 160 Å². The SMILES string of the molecule is O=C(CC1C[C@@H]2CC[C@H]1C2)Nc1nc2cc(C(F)(F)F)cnc2n1C1CCC1. The van der Waals surface area contributed by atoms with Crippen molar-refractivity contribution < 1.29 is 18.0 Å². The van der Waals surface area contributed by atoms with Crippen LogP contribution in [0.2, 0.25) is 0 Å². The van der Waals surface area contributed by atoms with Crippen molar-refractivity contribution in [1.29, 1.82) is 0 Å². The number of hydrogen-bond donors (Lipinski definition) is 1. The molecular weight excluding hydrogens is 369 g/mol. The molecule has 5 nitrogen and oxygen atoms in total. The van der Waals surface area contributed by atoms with Gasteiger partial charge in [-0.25, -0.2) is 9.97 Å². The summed E-state index contributed by atoms with van der Waals surface area (Å²) in [6.07, 6.45) is 4.61. The fourth-order valence-electron chi connectivity index (χ4n) is 5.26. The monoisotopic (exact) mass is 392 g/mol. The van der Waals surface area contributed by atoms with E-state index in [-0.39, 0.29) is 17.5 Å². The Balaban J connectivity index is 1.41. The second kappa shape index (κ2) is 6.46. The highest BCUT2D eigenvalue weighted by molar-refractivity contribution is 5.91. The summed E-state index contributed by atoms with van der Waals surface area (Å²) in [6.45, 7) is 0. The molecule has 3 aliphatic carbocycles. The van der Waals surface area contributed by atoms with E-state index in [9.17, 15) is 18.0 Å². The van der Waals surface area contributed by atoms with E-state index < -0.39 is 11.7 Å². The number of nitrogens with one attached hydrogen (secondary N) is 1. The van der Waals surface area contributed by atoms with Crippen LogP contribution in [-0.4, -0.2) is 20.4 Å². The summed E-state index contributed by atoms with van der Waals surface area (Å²) in [6, 6.07) is 1.15. The van der Waals surface area contributed by atoms with Crippen LogP contribution in [0.3, 0.4) is 0 Å². The van der Waals surface area contributed by atoms with Crippen molar-refractivity contribution in [3.8, 4) is 0 Å². The standard InChI is InChI=1S/C20H23F3N4O/c21-20(22,23)14-9-16-18(24-10-14)27(15-2-1-3-15)19(25-16)26-17(28)8-13-7-11-4-5-12(13)6-11/h9-13,15H,1-8H2,(H,25,26,28)/t11-,12+,13?/m1/s1. The first-order valence-corrected chi connectivity index (χ1v) is 10.1. The van der Waals surface area contributed by atoms with Gasteiger partial charge in [0.25, 0.3) is 0 Å². The number of pyridine rings is 1. The van der Waals surface area contributed by atoms with Crippen molar-refractivity contribution in [3.05, 3.63) is 17.8 Å². The summed E-state index contributed by atoms with van der Waals surface area (Å²) in [5, 5.41) is 2.89. The maximum absolute atomic E-state index is 13.0. The van der Waals surface area contributed by atoms with Crippen molar-refractivity contribution >= 4 is 23.0 Å². The number of aromatic nitrogens is 3. The molecule has 5 rings (SSSR count). The summed E-state index contributed by atoms with van der Waals surface area (Å²) in [4.78, 5) is 21.0. The summed E-state index contributed by atoms with van der Waals surface area (Å²) in [5.74, 6) is 2.09. The molecule has 2 aromatic rings. The van der Waals surface area contributed by atoms with Crippen molar-refractivity contribution in [3.63, 3.8) is 0 Å². The highest BCUT2D eigenvalue weighted by atomic mass is 19.4. The van der Waals surface area contributed by atoms with Crippen LogP contribution in [0.25, 0.3) is 11.2 Å². The Kier molecular flexibility index (Phi) is 4.14. The van der Waals surface area contributed by atoms with Gasteiger partial charge in [-0.1, -0.05) is 6.42 Å². The highest BCUT2D eigenvalue weighted by Gasteiger charge is 2.40. The predicted molar refractivity (Wildman–Crippen MR) is 97.6 cm³/mol. The average molecular weight is 392 g/mol. The molecule has 1 amide bonds. The van der Waals surface area contributed by atoms with Gasteiger partial charge in [0.1, 0.15) is 5.52 Å². The van der Waals surface area contributed by atoms with E-state index in [1.54, 1.807) is 0 Å². The van der Waals surface area contributed by atoms with Gasteiger partial charge in [-0.2, -0.15) is 13.2 Å². The zero-order valence-electron chi connectivity index (χ0n) is 15.5. The summed E-state index contributed by atoms with van der Waals surface area (Å²) in [7, 11) is 0. The Bertz CT molecular complexity index is 918. The second-order valence-electron chi connectivity index (χ2n) is 8.64. The van der Waals surface area contributed by atoms with E-state index in [1.807, 2.05) is 4.57 Å². The molecule has 0 spiro atoms. The zero-order chi connectivity index (χ0) is 19.5. The molecule has 3 aliphatic rings. The van der Waals surface area contributed by atoms with E-state index in [1.165, 1.54) is 19.3 Å². The lowest BCUT2D eigenvalue weighted by molar-refractivity contribution is -0.137. The largest absolute Gasteiger partial charge is 0.417 e. The second-order valence-corrected chi connectivity index (χ2v) is 8.64. The number of anilines is 1. The highest BCUT2D eigenvalue weighted by Crippen LogP contribution is 2.49. The minimum atomic E-state index is -4.47. The molecule has 2 heterocycles. The smallest absolute Gasteiger partial charge is 0.296 e. The number of hydrogen-bond acceptors (Lipinski definition) is 3. The third-order valence-electron chi connectivity index (χ3n) is 6.88. The lowest BCUT2D eigenvalue weighted by Crippen LogP contribution is -2.24. The van der Waals surface area contributed by atoms with Gasteiger partial charge in [-0.15, -0.1) is 0 Å². The van der Waals surface area contributed by atoms with E-state index in [2.05, 4.69) is 15.3 Å². The Morgan fingerprint density at radius 1 is 1.21 bits per heavy atom. The Morgan fingerprint density at radius 3 is 2.64 bits per heavy atom. The molecule has 1 unspecified atom stereocenters. The van der Waals surface area contributed by atoms with Crippen molar-refractivity contribution in [2.45, 2.75) is 63.6 Å². The predicted octanol–water partition coefficient (Wildman–Crippen LogP) is 4.94. The molecule has 0 aromatic carbocycles. The number of alkyl halides is 3. The van der Waals surface area contributed by atoms with Gasteiger partial charge < -0.3 is 0 Å². The van der Waals surface area contributed by atoms with Crippen LogP contribution < -0.4 is 5.32 Å². The van der Waals surface area contributed by atoms with E-state index >= 15 is 0 Å². The molecule has 0 radical (unpaired) electrons. The molecule has 2 bridgehead atoms. The summed E-state index contributed by atoms with van der Waals surface area (Å²) in [5.41, 5.74) is -0.233. The van der Waals surface area contributed by atoms with Gasteiger partial charge in [0.15, 0.2) is 5.65 Å². The first kappa shape index (κ1) is 17.9. The molecule has 1 N–H and O–H groups in total. The van der Waals surface area contributed by atoms with Crippen LogP contribution in [0.5, 0.6) is 0 Å². The topological polar surface area (TPSA) is 59.8 Å². The van der Waals surface area contributed by atoms with Crippen LogP contribution in [-0.2, 0) is 11.0 Å². The average Bonchev–Trinajstić information content (AvgIpc) is 3.27. The molecule has 28 heavy (non-hydrogen) atoms. The zero-order valence-corrected chi connectivity index (χ0v) is 15.5. The van der Waals surface area contributed by atoms with E-state index in [4.69, 9.17) is 0 Å². The Hall–Kier alpha value is -2.12. The van der Waals surface area contributed by atoms with Gasteiger partial charge in [-0.3, -0.25) is 14.7 Å². The summed E-state index contributed by atoms with van der Waals surface area (Å²) >= 11 is 0. The van der Waals surface area contributed by atoms with Crippen LogP contribution in [0.15, 0.2) is 12.3 Å². The molecule has 3 atom stereocenters. The lowest BCUT2D eigenvalue weighted by atomic mass is 9.86. The first-order chi connectivity index (χ1) is 13.4. The fourth-order valence-corrected chi connectivity index (χ4v) is 5.26. The minimum Gasteiger partial charge on any atom is -0.296 e. The molecule has 3 fully saturated rings. The lowest BCUT2D eigenvalue weighted by Gasteiger charge is -2.28. The van der Waals surface area contributed by atoms with Gasteiger partial charge in [-0.05, 0) is 62.3 Å². The van der Waals surface area contributed by atoms with Gasteiger partial charge in [0.2, 0.25) is 11.9 Å². The molecule has 8 heteroatoms. The minimum absolute atomic E-state index is 0.0931. The third-order valence-corrected chi connectivity index (χ3v) is 6.88. The normalized spacial score (nSPS) is 27.3. The van der Waals surface area contributed by atoms with Crippen molar-refractivity contribution in [2.75, 3.05) is 5.32 Å². The fraction of sp³-hybridized carbons (Fsp3) is 0.650. The van der Waals surface area contributed by atoms with Crippen LogP contribution in [0.4, 0.5) is 19.1 Å². The number of carbonyl (C=O) groups excluding carboxylic acids is 1.